The summed E-state index contributed by atoms with van der Waals surface area (Å²) in [7, 11) is 1.73. The Labute approximate surface area is 295 Å². The monoisotopic (exact) mass is 673 g/mol. The van der Waals surface area contributed by atoms with Gasteiger partial charge >= 0.3 is 6.09 Å². The predicted octanol–water partition coefficient (Wildman–Crippen LogP) is 7.26. The van der Waals surface area contributed by atoms with E-state index in [2.05, 4.69) is 54.0 Å². The molecule has 8 heteroatoms. The van der Waals surface area contributed by atoms with Crippen LogP contribution in [0.1, 0.15) is 60.8 Å². The first-order valence-electron chi connectivity index (χ1n) is 18.0. The van der Waals surface area contributed by atoms with Crippen molar-refractivity contribution in [2.75, 3.05) is 46.5 Å². The zero-order chi connectivity index (χ0) is 34.5. The summed E-state index contributed by atoms with van der Waals surface area (Å²) in [6.45, 7) is 4.95. The highest BCUT2D eigenvalue weighted by Crippen LogP contribution is 2.50. The summed E-state index contributed by atoms with van der Waals surface area (Å²) in [5.74, 6) is 1.17. The van der Waals surface area contributed by atoms with Crippen LogP contribution in [0.5, 0.6) is 11.5 Å². The number of ether oxygens (including phenoxy) is 3. The summed E-state index contributed by atoms with van der Waals surface area (Å²) < 4.78 is 17.8. The molecule has 2 N–H and O–H groups in total. The van der Waals surface area contributed by atoms with Crippen LogP contribution in [0.2, 0.25) is 0 Å². The van der Waals surface area contributed by atoms with Gasteiger partial charge in [0.25, 0.3) is 0 Å². The van der Waals surface area contributed by atoms with Gasteiger partial charge in [-0.15, -0.1) is 0 Å². The first-order chi connectivity index (χ1) is 24.5. The molecule has 2 heterocycles. The van der Waals surface area contributed by atoms with Crippen molar-refractivity contribution in [1.82, 2.24) is 15.5 Å². The van der Waals surface area contributed by atoms with Gasteiger partial charge in [-0.25, -0.2) is 4.79 Å². The first-order valence-corrected chi connectivity index (χ1v) is 18.0. The third kappa shape index (κ3) is 6.62. The smallest absolute Gasteiger partial charge is 0.409 e. The molecule has 1 saturated heterocycles. The van der Waals surface area contributed by atoms with Crippen molar-refractivity contribution in [3.8, 4) is 22.6 Å². The largest absolute Gasteiger partial charge is 0.457 e. The molecule has 260 valence electrons. The lowest BCUT2D eigenvalue weighted by atomic mass is 9.69. The third-order valence-corrected chi connectivity index (χ3v) is 10.7. The van der Waals surface area contributed by atoms with Gasteiger partial charge in [-0.2, -0.15) is 0 Å². The maximum atomic E-state index is 14.2. The lowest BCUT2D eigenvalue weighted by Gasteiger charge is -2.41. The molecule has 1 aliphatic carbocycles. The second kappa shape index (κ2) is 15.1. The standard InChI is InChI=1S/C42H47N3O5/c1-3-43-30-24-29(25-45(26-30)41(47)49-27-35-33-16-6-4-14-31(33)32-15-5-7-17-34(32)35)40(46)44-28-42(22-12-13-23-48-2)36-18-8-10-20-38(36)50-39-21-11-9-19-37(39)42/h4-11,14-21,29-30,35,43H,3,12-13,22-28H2,1-2H3,(H,44,46)/t29-,30+/m0/s1. The Kier molecular flexibility index (Phi) is 10.2. The van der Waals surface area contributed by atoms with Crippen LogP contribution in [-0.4, -0.2) is 69.4 Å². The van der Waals surface area contributed by atoms with Crippen molar-refractivity contribution < 1.29 is 23.8 Å². The number of rotatable bonds is 12. The zero-order valence-corrected chi connectivity index (χ0v) is 29.0. The van der Waals surface area contributed by atoms with Crippen molar-refractivity contribution in [3.05, 3.63) is 119 Å². The molecule has 3 aliphatic rings. The summed E-state index contributed by atoms with van der Waals surface area (Å²) in [5.41, 5.74) is 6.41. The highest BCUT2D eigenvalue weighted by Gasteiger charge is 2.43. The summed E-state index contributed by atoms with van der Waals surface area (Å²) in [5, 5.41) is 6.87. The van der Waals surface area contributed by atoms with Gasteiger partial charge in [0.2, 0.25) is 5.91 Å². The minimum atomic E-state index is -0.475. The number of benzene rings is 4. The lowest BCUT2D eigenvalue weighted by molar-refractivity contribution is -0.127. The molecule has 4 aromatic rings. The fourth-order valence-corrected chi connectivity index (χ4v) is 8.33. The van der Waals surface area contributed by atoms with Crippen LogP contribution in [0, 0.1) is 5.92 Å². The number of nitrogens with zero attached hydrogens (tertiary/aromatic N) is 1. The van der Waals surface area contributed by atoms with Gasteiger partial charge in [0.1, 0.15) is 18.1 Å². The van der Waals surface area contributed by atoms with Crippen LogP contribution in [0.25, 0.3) is 11.1 Å². The second-order valence-corrected chi connectivity index (χ2v) is 13.7. The molecule has 2 amide bonds. The van der Waals surface area contributed by atoms with E-state index >= 15 is 0 Å². The SMILES string of the molecule is CCN[C@@H]1C[C@H](C(=O)NCC2(CCCCOC)c3ccccc3Oc3ccccc32)CN(C(=O)OCC2c3ccccc3-c3ccccc32)C1. The van der Waals surface area contributed by atoms with Crippen molar-refractivity contribution in [2.45, 2.75) is 50.0 Å². The Morgan fingerprint density at radius 2 is 1.46 bits per heavy atom. The van der Waals surface area contributed by atoms with Crippen molar-refractivity contribution in [3.63, 3.8) is 0 Å². The molecule has 0 radical (unpaired) electrons. The molecule has 0 unspecified atom stereocenters. The Morgan fingerprint density at radius 3 is 2.10 bits per heavy atom. The van der Waals surface area contributed by atoms with Gasteiger partial charge in [0.05, 0.1) is 5.92 Å². The highest BCUT2D eigenvalue weighted by molar-refractivity contribution is 5.81. The Morgan fingerprint density at radius 1 is 0.840 bits per heavy atom. The Bertz CT molecular complexity index is 1730. The van der Waals surface area contributed by atoms with E-state index in [1.165, 1.54) is 22.3 Å². The molecule has 1 fully saturated rings. The van der Waals surface area contributed by atoms with Crippen LogP contribution < -0.4 is 15.4 Å². The summed E-state index contributed by atoms with van der Waals surface area (Å²) in [4.78, 5) is 29.6. The van der Waals surface area contributed by atoms with E-state index in [9.17, 15) is 9.59 Å². The van der Waals surface area contributed by atoms with Gasteiger partial charge in [-0.3, -0.25) is 4.79 Å². The van der Waals surface area contributed by atoms with Gasteiger partial charge in [-0.1, -0.05) is 91.9 Å². The molecule has 4 aromatic carbocycles. The Hall–Kier alpha value is -4.66. The van der Waals surface area contributed by atoms with E-state index in [4.69, 9.17) is 14.2 Å². The number of carbonyl (C=O) groups is 2. The number of hydrogen-bond donors (Lipinski definition) is 2. The van der Waals surface area contributed by atoms with Gasteiger partial charge in [0.15, 0.2) is 0 Å². The molecule has 0 spiro atoms. The maximum Gasteiger partial charge on any atom is 0.409 e. The summed E-state index contributed by atoms with van der Waals surface area (Å²) in [6, 6.07) is 33.0. The number of fused-ring (bicyclic) bond motifs is 5. The Balaban J connectivity index is 1.08. The number of para-hydroxylation sites is 2. The number of unbranched alkanes of at least 4 members (excludes halogenated alkanes) is 1. The second-order valence-electron chi connectivity index (χ2n) is 13.7. The van der Waals surface area contributed by atoms with Crippen LogP contribution >= 0.6 is 0 Å². The highest BCUT2D eigenvalue weighted by atomic mass is 16.6. The number of hydrogen-bond acceptors (Lipinski definition) is 6. The minimum absolute atomic E-state index is 0.0162. The summed E-state index contributed by atoms with van der Waals surface area (Å²) >= 11 is 0. The maximum absolute atomic E-state index is 14.2. The van der Waals surface area contributed by atoms with E-state index in [-0.39, 0.29) is 36.5 Å². The molecule has 2 aliphatic heterocycles. The van der Waals surface area contributed by atoms with E-state index in [1.54, 1.807) is 12.0 Å². The third-order valence-electron chi connectivity index (χ3n) is 10.7. The average Bonchev–Trinajstić information content (AvgIpc) is 3.48. The van der Waals surface area contributed by atoms with Gasteiger partial charge < -0.3 is 29.7 Å². The fourth-order valence-electron chi connectivity index (χ4n) is 8.33. The number of likely N-dealkylation sites (N-methyl/N-ethyl adjacent to an activating group) is 1. The van der Waals surface area contributed by atoms with Crippen LogP contribution in [0.4, 0.5) is 4.79 Å². The predicted molar refractivity (Wildman–Crippen MR) is 195 cm³/mol. The average molecular weight is 674 g/mol. The number of piperidine rings is 1. The van der Waals surface area contributed by atoms with Crippen molar-refractivity contribution >= 4 is 12.0 Å². The van der Waals surface area contributed by atoms with E-state index in [0.717, 1.165) is 48.4 Å². The normalized spacial score (nSPS) is 18.6. The van der Waals surface area contributed by atoms with Crippen molar-refractivity contribution in [2.24, 2.45) is 5.92 Å². The molecular formula is C42H47N3O5. The minimum Gasteiger partial charge on any atom is -0.457 e. The quantitative estimate of drug-likeness (QED) is 0.154. The number of methoxy groups -OCH3 is 1. The molecule has 0 bridgehead atoms. The van der Waals surface area contributed by atoms with Gasteiger partial charge in [-0.05, 0) is 66.6 Å². The lowest BCUT2D eigenvalue weighted by Crippen LogP contribution is -2.55. The molecule has 50 heavy (non-hydrogen) atoms. The number of carbonyl (C=O) groups excluding carboxylic acids is 2. The molecule has 7 rings (SSSR count). The number of amides is 2. The molecule has 2 atom stereocenters. The van der Waals surface area contributed by atoms with E-state index in [0.29, 0.717) is 32.7 Å². The molecule has 8 nitrogen and oxygen atoms in total. The van der Waals surface area contributed by atoms with Gasteiger partial charge in [0, 0.05) is 61.9 Å². The number of nitrogens with one attached hydrogen (secondary N) is 2. The first kappa shape index (κ1) is 33.8. The summed E-state index contributed by atoms with van der Waals surface area (Å²) in [6.07, 6.45) is 2.93. The van der Waals surface area contributed by atoms with E-state index in [1.807, 2.05) is 60.7 Å². The zero-order valence-electron chi connectivity index (χ0n) is 29.0. The van der Waals surface area contributed by atoms with Crippen LogP contribution in [0.3, 0.4) is 0 Å². The topological polar surface area (TPSA) is 89.1 Å². The number of likely N-dealkylation sites (tertiary alicyclic amines) is 1. The molecule has 0 aromatic heterocycles. The van der Waals surface area contributed by atoms with Crippen molar-refractivity contribution in [1.29, 1.82) is 0 Å². The fraction of sp³-hybridized carbons (Fsp3) is 0.381. The molecule has 0 saturated carbocycles. The van der Waals surface area contributed by atoms with Crippen LogP contribution in [0.15, 0.2) is 97.1 Å². The molecular weight excluding hydrogens is 626 g/mol. The van der Waals surface area contributed by atoms with E-state index < -0.39 is 5.41 Å². The van der Waals surface area contributed by atoms with Crippen LogP contribution in [-0.2, 0) is 19.7 Å².